The molecule has 0 amide bonds. The third-order valence-corrected chi connectivity index (χ3v) is 4.06. The number of aryl methyl sites for hydroxylation is 1. The molecule has 3 aromatic rings. The molecular weight excluding hydrogens is 345 g/mol. The van der Waals surface area contributed by atoms with Gasteiger partial charge in [-0.05, 0) is 19.1 Å². The first-order valence-electron chi connectivity index (χ1n) is 6.68. The molecule has 0 fully saturated rings. The zero-order valence-corrected chi connectivity index (χ0v) is 13.3. The van der Waals surface area contributed by atoms with Crippen LogP contribution in [0.4, 0.5) is 13.2 Å². The fourth-order valence-electron chi connectivity index (χ4n) is 2.21. The molecule has 0 spiro atoms. The Balaban J connectivity index is 2.24. The van der Waals surface area contributed by atoms with E-state index in [0.717, 1.165) is 0 Å². The van der Waals surface area contributed by atoms with E-state index < -0.39 is 11.9 Å². The van der Waals surface area contributed by atoms with Crippen molar-refractivity contribution in [3.05, 3.63) is 34.3 Å². The lowest BCUT2D eigenvalue weighted by atomic mass is 10.0. The van der Waals surface area contributed by atoms with Crippen molar-refractivity contribution in [2.24, 2.45) is 0 Å². The minimum Gasteiger partial charge on any atom is -0.507 e. The summed E-state index contributed by atoms with van der Waals surface area (Å²) in [6.45, 7) is 1.68. The lowest BCUT2D eigenvalue weighted by Gasteiger charge is -2.07. The molecule has 0 aliphatic carbocycles. The summed E-state index contributed by atoms with van der Waals surface area (Å²) in [5.74, 6) is -0.127. The number of hydrogen-bond acceptors (Lipinski definition) is 6. The summed E-state index contributed by atoms with van der Waals surface area (Å²) in [5.41, 5.74) is -1.32. The van der Waals surface area contributed by atoms with E-state index in [1.165, 1.54) is 42.0 Å². The Morgan fingerprint density at radius 1 is 1.29 bits per heavy atom. The van der Waals surface area contributed by atoms with Gasteiger partial charge in [0.15, 0.2) is 11.5 Å². The molecule has 24 heavy (non-hydrogen) atoms. The van der Waals surface area contributed by atoms with Crippen molar-refractivity contribution in [3.8, 4) is 34.1 Å². The van der Waals surface area contributed by atoms with Crippen LogP contribution in [0.2, 0.25) is 0 Å². The Labute approximate surface area is 138 Å². The topological polar surface area (TPSA) is 68.4 Å². The fraction of sp³-hybridized carbons (Fsp3) is 0.200. The molecule has 0 saturated carbocycles. The molecule has 126 valence electrons. The van der Waals surface area contributed by atoms with Crippen LogP contribution in [-0.2, 0) is 6.18 Å². The molecule has 1 N–H and O–H groups in total. The van der Waals surface area contributed by atoms with Gasteiger partial charge in [0.1, 0.15) is 11.5 Å². The first-order valence-corrected chi connectivity index (χ1v) is 7.56. The van der Waals surface area contributed by atoms with E-state index in [0.29, 0.717) is 10.8 Å². The number of aromatic nitrogens is 2. The third-order valence-electron chi connectivity index (χ3n) is 3.29. The van der Waals surface area contributed by atoms with E-state index in [2.05, 4.69) is 10.1 Å². The molecular formula is C15H11F3N2O3S. The minimum atomic E-state index is -4.71. The van der Waals surface area contributed by atoms with E-state index in [1.54, 1.807) is 6.92 Å². The number of phenols is 1. The number of phenolic OH excluding ortho intramolecular Hbond substituents is 1. The van der Waals surface area contributed by atoms with Crippen molar-refractivity contribution in [1.82, 2.24) is 10.1 Å². The van der Waals surface area contributed by atoms with Crippen LogP contribution in [0, 0.1) is 6.92 Å². The van der Waals surface area contributed by atoms with Crippen molar-refractivity contribution >= 4 is 11.3 Å². The van der Waals surface area contributed by atoms with Crippen molar-refractivity contribution < 1.29 is 27.5 Å². The highest BCUT2D eigenvalue weighted by molar-refractivity contribution is 7.09. The quantitative estimate of drug-likeness (QED) is 0.748. The van der Waals surface area contributed by atoms with Gasteiger partial charge in [0.25, 0.3) is 0 Å². The summed E-state index contributed by atoms with van der Waals surface area (Å²) in [6, 6.07) is 4.18. The lowest BCUT2D eigenvalue weighted by Crippen LogP contribution is -2.07. The number of ether oxygens (including phenoxy) is 1. The van der Waals surface area contributed by atoms with Crippen molar-refractivity contribution in [1.29, 1.82) is 0 Å². The van der Waals surface area contributed by atoms with Crippen LogP contribution in [0.15, 0.2) is 28.1 Å². The summed E-state index contributed by atoms with van der Waals surface area (Å²) < 4.78 is 49.7. The summed E-state index contributed by atoms with van der Waals surface area (Å²) in [5, 5.41) is 15.3. The maximum absolute atomic E-state index is 13.3. The molecule has 0 unspecified atom stereocenters. The monoisotopic (exact) mass is 356 g/mol. The molecule has 1 aromatic carbocycles. The summed E-state index contributed by atoms with van der Waals surface area (Å²) >= 11 is 1.21. The van der Waals surface area contributed by atoms with E-state index in [-0.39, 0.29) is 28.3 Å². The third kappa shape index (κ3) is 2.82. The van der Waals surface area contributed by atoms with E-state index in [1.807, 2.05) is 0 Å². The Kier molecular flexibility index (Phi) is 3.96. The zero-order valence-electron chi connectivity index (χ0n) is 12.5. The van der Waals surface area contributed by atoms with Gasteiger partial charge in [0.05, 0.1) is 28.9 Å². The smallest absolute Gasteiger partial charge is 0.437 e. The van der Waals surface area contributed by atoms with Gasteiger partial charge in [0, 0.05) is 11.4 Å². The molecule has 0 atom stereocenters. The Morgan fingerprint density at radius 3 is 2.58 bits per heavy atom. The Bertz CT molecular complexity index is 886. The second-order valence-electron chi connectivity index (χ2n) is 4.87. The van der Waals surface area contributed by atoms with Crippen LogP contribution in [-0.4, -0.2) is 22.4 Å². The largest absolute Gasteiger partial charge is 0.507 e. The lowest BCUT2D eigenvalue weighted by molar-refractivity contribution is -0.142. The average molecular weight is 356 g/mol. The van der Waals surface area contributed by atoms with Crippen molar-refractivity contribution in [2.45, 2.75) is 13.1 Å². The number of aromatic hydroxyl groups is 1. The maximum Gasteiger partial charge on any atom is 0.437 e. The number of thiazole rings is 1. The predicted molar refractivity (Wildman–Crippen MR) is 81.0 cm³/mol. The first-order chi connectivity index (χ1) is 11.3. The van der Waals surface area contributed by atoms with E-state index in [4.69, 9.17) is 9.26 Å². The number of rotatable bonds is 3. The molecule has 0 aliphatic rings. The molecule has 0 saturated heterocycles. The first kappa shape index (κ1) is 16.3. The van der Waals surface area contributed by atoms with Crippen LogP contribution in [0.1, 0.15) is 10.7 Å². The molecule has 0 radical (unpaired) electrons. The fourth-order valence-corrected chi connectivity index (χ4v) is 2.82. The van der Waals surface area contributed by atoms with Crippen molar-refractivity contribution in [2.75, 3.05) is 7.11 Å². The van der Waals surface area contributed by atoms with Gasteiger partial charge in [0.2, 0.25) is 0 Å². The van der Waals surface area contributed by atoms with Crippen LogP contribution in [0.25, 0.3) is 22.6 Å². The second-order valence-corrected chi connectivity index (χ2v) is 5.93. The number of hydrogen-bond donors (Lipinski definition) is 1. The molecule has 9 heteroatoms. The van der Waals surface area contributed by atoms with Crippen LogP contribution >= 0.6 is 11.3 Å². The summed E-state index contributed by atoms with van der Waals surface area (Å²) in [4.78, 5) is 4.09. The van der Waals surface area contributed by atoms with Gasteiger partial charge in [-0.15, -0.1) is 11.3 Å². The molecule has 0 bridgehead atoms. The summed E-state index contributed by atoms with van der Waals surface area (Å²) in [6.07, 6.45) is -4.71. The van der Waals surface area contributed by atoms with Gasteiger partial charge in [-0.2, -0.15) is 13.2 Å². The zero-order chi connectivity index (χ0) is 17.5. The van der Waals surface area contributed by atoms with Crippen LogP contribution in [0.3, 0.4) is 0 Å². The highest BCUT2D eigenvalue weighted by Crippen LogP contribution is 2.45. The average Bonchev–Trinajstić information content (AvgIpc) is 3.12. The second kappa shape index (κ2) is 5.82. The Morgan fingerprint density at radius 2 is 2.04 bits per heavy atom. The van der Waals surface area contributed by atoms with Gasteiger partial charge in [-0.25, -0.2) is 4.98 Å². The van der Waals surface area contributed by atoms with E-state index in [9.17, 15) is 18.3 Å². The number of benzene rings is 1. The van der Waals surface area contributed by atoms with Crippen LogP contribution < -0.4 is 4.74 Å². The van der Waals surface area contributed by atoms with E-state index >= 15 is 0 Å². The SMILES string of the molecule is COc1ccc(-c2onc(C(F)(F)F)c2-c2csc(C)n2)c(O)c1. The standard InChI is InChI=1S/C15H11F3N2O3S/c1-7-19-10(6-24-7)12-13(23-20-14(12)15(16,17)18)9-4-3-8(22-2)5-11(9)21/h3-6,21H,1-2H3. The number of methoxy groups -OCH3 is 1. The number of alkyl halides is 3. The molecule has 3 rings (SSSR count). The molecule has 2 heterocycles. The van der Waals surface area contributed by atoms with Crippen molar-refractivity contribution in [3.63, 3.8) is 0 Å². The van der Waals surface area contributed by atoms with Gasteiger partial charge < -0.3 is 14.4 Å². The summed E-state index contributed by atoms with van der Waals surface area (Å²) in [7, 11) is 1.41. The van der Waals surface area contributed by atoms with Gasteiger partial charge in [-0.1, -0.05) is 5.16 Å². The normalized spacial score (nSPS) is 11.7. The highest BCUT2D eigenvalue weighted by atomic mass is 32.1. The predicted octanol–water partition coefficient (Wildman–Crippen LogP) is 4.51. The molecule has 5 nitrogen and oxygen atoms in total. The Hall–Kier alpha value is -2.55. The van der Waals surface area contributed by atoms with Crippen LogP contribution in [0.5, 0.6) is 11.5 Å². The maximum atomic E-state index is 13.3. The minimum absolute atomic E-state index is 0.0689. The van der Waals surface area contributed by atoms with Gasteiger partial charge >= 0.3 is 6.18 Å². The number of nitrogens with zero attached hydrogens (tertiary/aromatic N) is 2. The van der Waals surface area contributed by atoms with Gasteiger partial charge in [-0.3, -0.25) is 0 Å². The molecule has 0 aliphatic heterocycles. The highest BCUT2D eigenvalue weighted by Gasteiger charge is 2.41. The molecule has 2 aromatic heterocycles. The number of halogens is 3.